The number of benzene rings is 5. The fraction of sp³-hybridized carbons (Fsp3) is 0.107. The van der Waals surface area contributed by atoms with Crippen molar-refractivity contribution in [3.8, 4) is 11.5 Å². The van der Waals surface area contributed by atoms with Crippen LogP contribution in [0.3, 0.4) is 0 Å². The Labute approximate surface area is 271 Å². The molecule has 0 spiro atoms. The van der Waals surface area contributed by atoms with Crippen molar-refractivity contribution in [1.82, 2.24) is 5.43 Å². The number of alkyl halides is 1. The highest BCUT2D eigenvalue weighted by Crippen LogP contribution is 2.45. The molecule has 1 atom stereocenters. The monoisotopic (exact) mass is 724 g/mol. The van der Waals surface area contributed by atoms with Gasteiger partial charge in [-0.3, -0.25) is 23.2 Å². The van der Waals surface area contributed by atoms with Crippen LogP contribution in [-0.4, -0.2) is 69.0 Å². The molecule has 1 amide bonds. The molecule has 0 unspecified atom stereocenters. The Bertz CT molecular complexity index is 2390. The third kappa shape index (κ3) is 6.98. The second kappa shape index (κ2) is 12.3. The smallest absolute Gasteiger partial charge is 0.329 e. The molecule has 0 aliphatic heterocycles. The summed E-state index contributed by atoms with van der Waals surface area (Å²) < 4.78 is 114. The summed E-state index contributed by atoms with van der Waals surface area (Å²) in [7, 11) is -15.2. The van der Waals surface area contributed by atoms with Crippen molar-refractivity contribution in [2.45, 2.75) is 27.0 Å². The number of amides is 1. The number of halogens is 1. The van der Waals surface area contributed by atoms with E-state index in [1.807, 2.05) is 0 Å². The van der Waals surface area contributed by atoms with Crippen LogP contribution in [0, 0.1) is 0 Å². The summed E-state index contributed by atoms with van der Waals surface area (Å²) in [5.41, 5.74) is 2.70. The van der Waals surface area contributed by atoms with E-state index < -0.39 is 68.9 Å². The first-order valence-corrected chi connectivity index (χ1v) is 17.7. The number of hydrogen-bond acceptors (Lipinski definition) is 11. The van der Waals surface area contributed by atoms with Gasteiger partial charge in [0.1, 0.15) is 31.6 Å². The molecule has 0 heterocycles. The average Bonchev–Trinajstić information content (AvgIpc) is 2.97. The number of nitrogens with one attached hydrogen (secondary N) is 1. The molecule has 0 aliphatic carbocycles. The van der Waals surface area contributed by atoms with Crippen molar-refractivity contribution in [3.63, 3.8) is 0 Å². The van der Waals surface area contributed by atoms with Crippen LogP contribution in [0.25, 0.3) is 32.3 Å². The van der Waals surface area contributed by atoms with Crippen LogP contribution in [0.4, 0.5) is 0 Å². The minimum Gasteiger partial charge on any atom is -0.483 e. The van der Waals surface area contributed by atoms with Gasteiger partial charge in [0, 0.05) is 38.4 Å². The minimum atomic E-state index is -5.09. The molecule has 0 fully saturated rings. The van der Waals surface area contributed by atoms with E-state index >= 15 is 0 Å². The lowest BCUT2D eigenvalue weighted by Gasteiger charge is -2.18. The van der Waals surface area contributed by atoms with Crippen molar-refractivity contribution in [2.75, 3.05) is 6.61 Å². The van der Waals surface area contributed by atoms with Crippen molar-refractivity contribution in [3.05, 3.63) is 66.2 Å². The van der Waals surface area contributed by atoms with Crippen LogP contribution in [0.1, 0.15) is 12.5 Å². The number of carbonyl (C=O) groups is 2. The van der Waals surface area contributed by atoms with Gasteiger partial charge in [0.25, 0.3) is 36.3 Å². The zero-order valence-corrected chi connectivity index (χ0v) is 26.8. The number of hydrogen-bond donors (Lipinski definition) is 4. The van der Waals surface area contributed by atoms with Gasteiger partial charge >= 0.3 is 5.97 Å². The Morgan fingerprint density at radius 2 is 1.26 bits per heavy atom. The second-order valence-corrected chi connectivity index (χ2v) is 14.8. The van der Waals surface area contributed by atoms with Gasteiger partial charge in [-0.1, -0.05) is 18.2 Å². The number of nitrogens with zero attached hydrogens (tertiary/aromatic N) is 1. The summed E-state index contributed by atoms with van der Waals surface area (Å²) in [6.45, 7) is 0.712. The quantitative estimate of drug-likeness (QED) is 0.0308. The number of hydrazone groups is 1. The lowest BCUT2D eigenvalue weighted by atomic mass is 9.93. The normalized spacial score (nSPS) is 13.4. The van der Waals surface area contributed by atoms with Crippen LogP contribution in [0.2, 0.25) is 0 Å². The van der Waals surface area contributed by atoms with Gasteiger partial charge in [0.15, 0.2) is 6.61 Å². The third-order valence-corrected chi connectivity index (χ3v) is 9.62. The van der Waals surface area contributed by atoms with E-state index in [1.165, 1.54) is 49.5 Å². The van der Waals surface area contributed by atoms with Crippen LogP contribution < -0.4 is 14.9 Å². The zero-order valence-electron chi connectivity index (χ0n) is 23.6. The van der Waals surface area contributed by atoms with Crippen LogP contribution in [-0.2, 0) is 39.9 Å². The van der Waals surface area contributed by atoms with E-state index in [1.54, 1.807) is 0 Å². The van der Waals surface area contributed by atoms with E-state index in [4.69, 9.17) is 21.1 Å². The molecule has 246 valence electrons. The Balaban J connectivity index is 1.51. The summed E-state index contributed by atoms with van der Waals surface area (Å²) in [5.74, 6) is -1.51. The van der Waals surface area contributed by atoms with Gasteiger partial charge in [-0.15, -0.1) is 11.6 Å². The fourth-order valence-corrected chi connectivity index (χ4v) is 7.05. The molecule has 5 aromatic rings. The lowest BCUT2D eigenvalue weighted by Crippen LogP contribution is -2.24. The maximum Gasteiger partial charge on any atom is 0.329 e. The molecule has 0 aromatic heterocycles. The predicted molar refractivity (Wildman–Crippen MR) is 168 cm³/mol. The first kappa shape index (κ1) is 33.9. The number of esters is 1. The molecule has 47 heavy (non-hydrogen) atoms. The summed E-state index contributed by atoms with van der Waals surface area (Å²) in [6, 6.07) is 12.2. The predicted octanol–water partition coefficient (Wildman–Crippen LogP) is 3.39. The van der Waals surface area contributed by atoms with Crippen molar-refractivity contribution >= 4 is 92.4 Å². The van der Waals surface area contributed by atoms with Gasteiger partial charge < -0.3 is 9.47 Å². The Kier molecular flexibility index (Phi) is 8.88. The van der Waals surface area contributed by atoms with Crippen molar-refractivity contribution in [1.29, 1.82) is 0 Å². The first-order valence-electron chi connectivity index (χ1n) is 13.0. The van der Waals surface area contributed by atoms with Gasteiger partial charge in [-0.05, 0) is 48.9 Å². The number of ether oxygens (including phenoxy) is 2. The Morgan fingerprint density at radius 3 is 1.74 bits per heavy atom. The first-order chi connectivity index (χ1) is 21.9. The van der Waals surface area contributed by atoms with E-state index in [9.17, 15) is 48.5 Å². The van der Waals surface area contributed by atoms with E-state index in [0.717, 1.165) is 18.2 Å². The zero-order chi connectivity index (χ0) is 34.5. The standard InChI is InChI=1S/C28H21ClN2O13S3/c1-14(29)28(33)44-16-4-2-15(3-5-16)12-30-31-25(32)13-43-21-10-22(45(34,35)36)18-8-9-20-24(47(40,41)42)11-23(46(37,38)39)19-7-6-17(21)26(18)27(19)20/h2-12,14H,13H2,1H3,(H,31,32)(H,34,35,36)(H,37,38,39)(H,40,41,42)/b30-12-/t14-/m1/s1. The molecular weight excluding hydrogens is 704 g/mol. The SMILES string of the molecule is C[C@@H](Cl)C(=O)Oc1ccc(/C=N\NC(=O)COc2cc(S(=O)(=O)O)c3ccc4c(S(=O)(=O)O)cc(S(=O)(=O)O)c5ccc2c3c54)cc1. The summed E-state index contributed by atoms with van der Waals surface area (Å²) >= 11 is 5.67. The van der Waals surface area contributed by atoms with E-state index in [0.29, 0.717) is 11.6 Å². The fourth-order valence-electron chi connectivity index (χ4n) is 4.80. The lowest BCUT2D eigenvalue weighted by molar-refractivity contribution is -0.133. The summed E-state index contributed by atoms with van der Waals surface area (Å²) in [6.07, 6.45) is 1.26. The molecule has 0 radical (unpaired) electrons. The maximum atomic E-state index is 12.5. The highest BCUT2D eigenvalue weighted by molar-refractivity contribution is 7.87. The topological polar surface area (TPSA) is 240 Å². The van der Waals surface area contributed by atoms with Crippen LogP contribution in [0.5, 0.6) is 11.5 Å². The molecular formula is C28H21ClN2O13S3. The number of rotatable bonds is 10. The highest BCUT2D eigenvalue weighted by atomic mass is 35.5. The Hall–Kier alpha value is -4.43. The van der Waals surface area contributed by atoms with Crippen molar-refractivity contribution < 1.29 is 58.0 Å². The Morgan fingerprint density at radius 1 is 0.787 bits per heavy atom. The van der Waals surface area contributed by atoms with E-state index in [2.05, 4.69) is 10.5 Å². The molecule has 5 aromatic carbocycles. The molecule has 0 saturated heterocycles. The summed E-state index contributed by atoms with van der Waals surface area (Å²) in [4.78, 5) is 21.6. The molecule has 15 nitrogen and oxygen atoms in total. The number of carbonyl (C=O) groups excluding carboxylic acids is 2. The molecule has 4 N–H and O–H groups in total. The van der Waals surface area contributed by atoms with Gasteiger partial charge in [0.2, 0.25) is 0 Å². The maximum absolute atomic E-state index is 12.5. The summed E-state index contributed by atoms with van der Waals surface area (Å²) in [5, 5.41) is 2.02. The molecule has 5 rings (SSSR count). The second-order valence-electron chi connectivity index (χ2n) is 9.93. The molecule has 0 bridgehead atoms. The van der Waals surface area contributed by atoms with Gasteiger partial charge in [-0.2, -0.15) is 30.4 Å². The molecule has 0 aliphatic rings. The van der Waals surface area contributed by atoms with Crippen LogP contribution >= 0.6 is 11.6 Å². The van der Waals surface area contributed by atoms with Crippen molar-refractivity contribution in [2.24, 2.45) is 5.10 Å². The van der Waals surface area contributed by atoms with Gasteiger partial charge in [-0.25, -0.2) is 5.43 Å². The molecule has 0 saturated carbocycles. The largest absolute Gasteiger partial charge is 0.483 e. The highest BCUT2D eigenvalue weighted by Gasteiger charge is 2.28. The van der Waals surface area contributed by atoms with Gasteiger partial charge in [0.05, 0.1) is 6.21 Å². The molecule has 19 heteroatoms. The van der Waals surface area contributed by atoms with Crippen LogP contribution in [0.15, 0.2) is 80.5 Å². The average molecular weight is 725 g/mol. The minimum absolute atomic E-state index is 0.0555. The third-order valence-electron chi connectivity index (χ3n) is 6.77. The van der Waals surface area contributed by atoms with E-state index in [-0.39, 0.29) is 43.8 Å².